The normalized spacial score (nSPS) is 19.8. The second kappa shape index (κ2) is 7.67. The number of hydrogen-bond acceptors (Lipinski definition) is 6. The van der Waals surface area contributed by atoms with E-state index in [1.54, 1.807) is 12.3 Å². The minimum absolute atomic E-state index is 0.252. The number of pyridine rings is 1. The van der Waals surface area contributed by atoms with Crippen LogP contribution in [0, 0.1) is 5.82 Å². The molecule has 4 rings (SSSR count). The second-order valence-electron chi connectivity index (χ2n) is 7.01. The highest BCUT2D eigenvalue weighted by Gasteiger charge is 2.26. The average molecular weight is 360 g/mol. The van der Waals surface area contributed by atoms with Gasteiger partial charge in [0.2, 0.25) is 0 Å². The van der Waals surface area contributed by atoms with E-state index in [1.807, 2.05) is 0 Å². The molecule has 0 aromatic carbocycles. The lowest BCUT2D eigenvalue weighted by atomic mass is 9.95. The van der Waals surface area contributed by atoms with Crippen LogP contribution in [-0.4, -0.2) is 64.0 Å². The zero-order valence-corrected chi connectivity index (χ0v) is 15.1. The van der Waals surface area contributed by atoms with Crippen molar-refractivity contribution >= 4 is 5.69 Å². The molecule has 2 aliphatic heterocycles. The van der Waals surface area contributed by atoms with Crippen molar-refractivity contribution in [3.8, 4) is 0 Å². The van der Waals surface area contributed by atoms with E-state index in [9.17, 15) is 4.39 Å². The molecule has 0 saturated carbocycles. The first-order valence-corrected chi connectivity index (χ1v) is 9.25. The first kappa shape index (κ1) is 17.4. The average Bonchev–Trinajstić information content (AvgIpc) is 3.04. The summed E-state index contributed by atoms with van der Waals surface area (Å²) in [5.74, 6) is 2.16. The van der Waals surface area contributed by atoms with Crippen LogP contribution in [0.5, 0.6) is 0 Å². The number of nitrogens with zero attached hydrogens (tertiary/aromatic N) is 6. The van der Waals surface area contributed by atoms with Crippen LogP contribution >= 0.6 is 0 Å². The van der Waals surface area contributed by atoms with Crippen molar-refractivity contribution in [3.63, 3.8) is 0 Å². The molecule has 2 aromatic rings. The number of anilines is 1. The quantitative estimate of drug-likeness (QED) is 0.825. The molecule has 0 unspecified atom stereocenters. The lowest BCUT2D eigenvalue weighted by Crippen LogP contribution is -2.36. The van der Waals surface area contributed by atoms with Gasteiger partial charge >= 0.3 is 0 Å². The van der Waals surface area contributed by atoms with E-state index in [2.05, 4.69) is 36.6 Å². The summed E-state index contributed by atoms with van der Waals surface area (Å²) in [6.07, 6.45) is 4.82. The Bertz CT molecular complexity index is 737. The largest absolute Gasteiger partial charge is 0.379 e. The molecule has 7 nitrogen and oxygen atoms in total. The Hall–Kier alpha value is -2.06. The summed E-state index contributed by atoms with van der Waals surface area (Å²) >= 11 is 0. The summed E-state index contributed by atoms with van der Waals surface area (Å²) in [5, 5.41) is 8.90. The molecule has 0 amide bonds. The predicted octanol–water partition coefficient (Wildman–Crippen LogP) is 1.57. The zero-order chi connectivity index (χ0) is 17.9. The number of aromatic nitrogens is 4. The van der Waals surface area contributed by atoms with E-state index in [0.29, 0.717) is 11.6 Å². The van der Waals surface area contributed by atoms with Crippen LogP contribution in [-0.2, 0) is 18.3 Å². The third kappa shape index (κ3) is 3.57. The molecule has 0 aliphatic carbocycles. The van der Waals surface area contributed by atoms with Crippen LogP contribution < -0.4 is 4.90 Å². The van der Waals surface area contributed by atoms with E-state index in [0.717, 1.165) is 70.4 Å². The second-order valence-corrected chi connectivity index (χ2v) is 7.01. The Labute approximate surface area is 152 Å². The number of rotatable bonds is 4. The maximum absolute atomic E-state index is 13.9. The number of ether oxygens (including phenoxy) is 1. The van der Waals surface area contributed by atoms with Gasteiger partial charge in [0, 0.05) is 45.3 Å². The smallest absolute Gasteiger partial charge is 0.164 e. The Morgan fingerprint density at radius 1 is 1.15 bits per heavy atom. The van der Waals surface area contributed by atoms with Gasteiger partial charge in [-0.1, -0.05) is 0 Å². The van der Waals surface area contributed by atoms with Crippen molar-refractivity contribution in [2.45, 2.75) is 25.3 Å². The Balaban J connectivity index is 1.39. The molecule has 0 radical (unpaired) electrons. The Kier molecular flexibility index (Phi) is 5.12. The van der Waals surface area contributed by atoms with Crippen molar-refractivity contribution in [1.29, 1.82) is 0 Å². The molecule has 2 aromatic heterocycles. The van der Waals surface area contributed by atoms with Gasteiger partial charge in [-0.15, -0.1) is 10.2 Å². The van der Waals surface area contributed by atoms with E-state index in [4.69, 9.17) is 4.74 Å². The maximum Gasteiger partial charge on any atom is 0.164 e. The highest BCUT2D eigenvalue weighted by atomic mass is 19.1. The summed E-state index contributed by atoms with van der Waals surface area (Å²) in [6.45, 7) is 5.90. The lowest BCUT2D eigenvalue weighted by Gasteiger charge is -2.33. The Morgan fingerprint density at radius 2 is 1.92 bits per heavy atom. The van der Waals surface area contributed by atoms with Gasteiger partial charge < -0.3 is 14.2 Å². The maximum atomic E-state index is 13.9. The van der Waals surface area contributed by atoms with Crippen molar-refractivity contribution in [2.75, 3.05) is 44.3 Å². The van der Waals surface area contributed by atoms with Crippen LogP contribution in [0.25, 0.3) is 0 Å². The van der Waals surface area contributed by atoms with Gasteiger partial charge in [0.1, 0.15) is 11.6 Å². The molecule has 2 fully saturated rings. The minimum atomic E-state index is -0.252. The molecular weight excluding hydrogens is 335 g/mol. The molecule has 0 spiro atoms. The molecule has 0 atom stereocenters. The van der Waals surface area contributed by atoms with Gasteiger partial charge in [-0.3, -0.25) is 9.88 Å². The standard InChI is InChI=1S/C18H25FN6O/c1-23-17(13-24-8-10-26-11-9-24)21-22-18(23)14-3-6-25(7-4-14)16-2-5-20-12-15(16)19/h2,5,12,14H,3-4,6-11,13H2,1H3. The number of piperidine rings is 1. The van der Waals surface area contributed by atoms with E-state index < -0.39 is 0 Å². The van der Waals surface area contributed by atoms with Gasteiger partial charge in [-0.05, 0) is 18.9 Å². The van der Waals surface area contributed by atoms with Crippen LogP contribution in [0.3, 0.4) is 0 Å². The van der Waals surface area contributed by atoms with Crippen molar-refractivity contribution in [3.05, 3.63) is 35.9 Å². The van der Waals surface area contributed by atoms with Crippen molar-refractivity contribution in [2.24, 2.45) is 7.05 Å². The Morgan fingerprint density at radius 3 is 2.65 bits per heavy atom. The summed E-state index contributed by atoms with van der Waals surface area (Å²) in [7, 11) is 2.06. The first-order chi connectivity index (χ1) is 12.7. The van der Waals surface area contributed by atoms with E-state index in [1.165, 1.54) is 6.20 Å². The highest BCUT2D eigenvalue weighted by molar-refractivity contribution is 5.46. The van der Waals surface area contributed by atoms with Gasteiger partial charge in [0.25, 0.3) is 0 Å². The van der Waals surface area contributed by atoms with Crippen LogP contribution in [0.2, 0.25) is 0 Å². The van der Waals surface area contributed by atoms with Crippen LogP contribution in [0.4, 0.5) is 10.1 Å². The topological polar surface area (TPSA) is 59.3 Å². The molecule has 2 saturated heterocycles. The number of hydrogen-bond donors (Lipinski definition) is 0. The van der Waals surface area contributed by atoms with Gasteiger partial charge in [-0.25, -0.2) is 4.39 Å². The van der Waals surface area contributed by atoms with Crippen molar-refractivity contribution < 1.29 is 9.13 Å². The summed E-state index contributed by atoms with van der Waals surface area (Å²) < 4.78 is 21.5. The number of halogens is 1. The fraction of sp³-hybridized carbons (Fsp3) is 0.611. The van der Waals surface area contributed by atoms with Gasteiger partial charge in [-0.2, -0.15) is 0 Å². The summed E-state index contributed by atoms with van der Waals surface area (Å²) in [6, 6.07) is 1.75. The van der Waals surface area contributed by atoms with Gasteiger partial charge in [0.15, 0.2) is 5.82 Å². The lowest BCUT2D eigenvalue weighted by molar-refractivity contribution is 0.0326. The third-order valence-electron chi connectivity index (χ3n) is 5.42. The highest BCUT2D eigenvalue weighted by Crippen LogP contribution is 2.30. The monoisotopic (exact) mass is 360 g/mol. The molecule has 0 bridgehead atoms. The third-order valence-corrected chi connectivity index (χ3v) is 5.42. The molecule has 26 heavy (non-hydrogen) atoms. The minimum Gasteiger partial charge on any atom is -0.379 e. The van der Waals surface area contributed by atoms with Crippen LogP contribution in [0.15, 0.2) is 18.5 Å². The SMILES string of the molecule is Cn1c(CN2CCOCC2)nnc1C1CCN(c2ccncc2F)CC1. The molecule has 8 heteroatoms. The molecular formula is C18H25FN6O. The van der Waals surface area contributed by atoms with Crippen molar-refractivity contribution in [1.82, 2.24) is 24.6 Å². The van der Waals surface area contributed by atoms with Gasteiger partial charge in [0.05, 0.1) is 31.6 Å². The fourth-order valence-corrected chi connectivity index (χ4v) is 3.83. The van der Waals surface area contributed by atoms with E-state index >= 15 is 0 Å². The fourth-order valence-electron chi connectivity index (χ4n) is 3.83. The summed E-state index contributed by atoms with van der Waals surface area (Å²) in [5.41, 5.74) is 0.643. The van der Waals surface area contributed by atoms with Crippen LogP contribution in [0.1, 0.15) is 30.4 Å². The first-order valence-electron chi connectivity index (χ1n) is 9.25. The molecule has 0 N–H and O–H groups in total. The summed E-state index contributed by atoms with van der Waals surface area (Å²) in [4.78, 5) is 8.28. The molecule has 140 valence electrons. The predicted molar refractivity (Wildman–Crippen MR) is 95.5 cm³/mol. The van der Waals surface area contributed by atoms with E-state index in [-0.39, 0.29) is 5.82 Å². The zero-order valence-electron chi connectivity index (χ0n) is 15.1. The molecule has 2 aliphatic rings. The number of morpholine rings is 1. The molecule has 4 heterocycles.